The number of carbonyl (C=O) groups excluding carboxylic acids is 2. The van der Waals surface area contributed by atoms with Gasteiger partial charge in [0.1, 0.15) is 0 Å². The Morgan fingerprint density at radius 1 is 1.26 bits per heavy atom. The van der Waals surface area contributed by atoms with E-state index in [-0.39, 0.29) is 40.2 Å². The molecule has 148 valence electrons. The lowest BCUT2D eigenvalue weighted by Gasteiger charge is -2.22. The van der Waals surface area contributed by atoms with E-state index in [1.807, 2.05) is 6.92 Å². The van der Waals surface area contributed by atoms with Gasteiger partial charge in [-0.1, -0.05) is 26.2 Å². The average molecular weight is 411 g/mol. The summed E-state index contributed by atoms with van der Waals surface area (Å²) in [6, 6.07) is 4.98. The van der Waals surface area contributed by atoms with E-state index in [1.165, 1.54) is 12.5 Å². The highest BCUT2D eigenvalue weighted by Crippen LogP contribution is 2.36. The summed E-state index contributed by atoms with van der Waals surface area (Å²) in [6.45, 7) is 1.97. The lowest BCUT2D eigenvalue weighted by atomic mass is 9.95. The van der Waals surface area contributed by atoms with E-state index in [9.17, 15) is 18.0 Å². The SMILES string of the molecule is C[C@@H]1CC(=O)Nc2cc(S(=O)(=O)CCC(=O)NC3CCCCC3)ccc2S1. The quantitative estimate of drug-likeness (QED) is 0.778. The molecule has 1 heterocycles. The summed E-state index contributed by atoms with van der Waals surface area (Å²) in [6.07, 6.45) is 5.71. The van der Waals surface area contributed by atoms with E-state index in [0.29, 0.717) is 12.1 Å². The number of anilines is 1. The zero-order valence-electron chi connectivity index (χ0n) is 15.5. The molecule has 2 aliphatic rings. The monoisotopic (exact) mass is 410 g/mol. The van der Waals surface area contributed by atoms with Crippen LogP contribution in [0.5, 0.6) is 0 Å². The molecule has 1 fully saturated rings. The van der Waals surface area contributed by atoms with Crippen molar-refractivity contribution >= 4 is 39.1 Å². The Labute approximate surface area is 164 Å². The second-order valence-corrected chi connectivity index (χ2v) is 10.9. The minimum absolute atomic E-state index is 0.0476. The number of hydrogen-bond donors (Lipinski definition) is 2. The molecule has 1 saturated carbocycles. The summed E-state index contributed by atoms with van der Waals surface area (Å²) in [7, 11) is -3.59. The minimum Gasteiger partial charge on any atom is -0.353 e. The summed E-state index contributed by atoms with van der Waals surface area (Å²) < 4.78 is 25.3. The van der Waals surface area contributed by atoms with Crippen LogP contribution in [-0.4, -0.2) is 37.3 Å². The van der Waals surface area contributed by atoms with Crippen molar-refractivity contribution in [3.8, 4) is 0 Å². The van der Waals surface area contributed by atoms with Crippen LogP contribution >= 0.6 is 11.8 Å². The molecule has 1 aromatic carbocycles. The highest BCUT2D eigenvalue weighted by Gasteiger charge is 2.23. The number of nitrogens with one attached hydrogen (secondary N) is 2. The highest BCUT2D eigenvalue weighted by molar-refractivity contribution is 8.00. The number of rotatable bonds is 5. The number of hydrogen-bond acceptors (Lipinski definition) is 5. The summed E-state index contributed by atoms with van der Waals surface area (Å²) in [5.41, 5.74) is 0.530. The number of sulfone groups is 1. The van der Waals surface area contributed by atoms with Crippen LogP contribution in [0.1, 0.15) is 51.9 Å². The van der Waals surface area contributed by atoms with Crippen molar-refractivity contribution in [2.75, 3.05) is 11.1 Å². The first-order valence-corrected chi connectivity index (χ1v) is 12.0. The molecule has 2 amide bonds. The Morgan fingerprint density at radius 2 is 2.00 bits per heavy atom. The highest BCUT2D eigenvalue weighted by atomic mass is 32.2. The van der Waals surface area contributed by atoms with Gasteiger partial charge in [-0.25, -0.2) is 8.42 Å². The first-order valence-electron chi connectivity index (χ1n) is 9.46. The van der Waals surface area contributed by atoms with Crippen LogP contribution in [0, 0.1) is 0 Å². The fourth-order valence-electron chi connectivity index (χ4n) is 3.52. The molecule has 2 N–H and O–H groups in total. The van der Waals surface area contributed by atoms with Crippen molar-refractivity contribution < 1.29 is 18.0 Å². The number of carbonyl (C=O) groups is 2. The van der Waals surface area contributed by atoms with Crippen LogP contribution in [-0.2, 0) is 19.4 Å². The number of thioether (sulfide) groups is 1. The first-order chi connectivity index (χ1) is 12.8. The van der Waals surface area contributed by atoms with Crippen LogP contribution < -0.4 is 10.6 Å². The van der Waals surface area contributed by atoms with Crippen LogP contribution in [0.25, 0.3) is 0 Å². The molecule has 0 unspecified atom stereocenters. The lowest BCUT2D eigenvalue weighted by molar-refractivity contribution is -0.121. The van der Waals surface area contributed by atoms with Gasteiger partial charge in [0.2, 0.25) is 11.8 Å². The van der Waals surface area contributed by atoms with Crippen LogP contribution in [0.15, 0.2) is 28.0 Å². The maximum Gasteiger partial charge on any atom is 0.225 e. The molecule has 0 saturated heterocycles. The number of fused-ring (bicyclic) bond motifs is 1. The molecule has 1 atom stereocenters. The van der Waals surface area contributed by atoms with Gasteiger partial charge in [0.15, 0.2) is 9.84 Å². The third-order valence-corrected chi connectivity index (χ3v) is 7.85. The van der Waals surface area contributed by atoms with E-state index in [1.54, 1.807) is 23.9 Å². The molecule has 6 nitrogen and oxygen atoms in total. The Bertz CT molecular complexity index is 817. The molecule has 8 heteroatoms. The van der Waals surface area contributed by atoms with Gasteiger partial charge < -0.3 is 10.6 Å². The van der Waals surface area contributed by atoms with Gasteiger partial charge in [0.25, 0.3) is 0 Å². The predicted octanol–water partition coefficient (Wildman–Crippen LogP) is 3.12. The van der Waals surface area contributed by atoms with Gasteiger partial charge >= 0.3 is 0 Å². The maximum absolute atomic E-state index is 12.6. The maximum atomic E-state index is 12.6. The topological polar surface area (TPSA) is 92.3 Å². The summed E-state index contributed by atoms with van der Waals surface area (Å²) in [4.78, 5) is 25.0. The predicted molar refractivity (Wildman–Crippen MR) is 107 cm³/mol. The van der Waals surface area contributed by atoms with Gasteiger partial charge in [-0.3, -0.25) is 9.59 Å². The molecule has 0 bridgehead atoms. The largest absolute Gasteiger partial charge is 0.353 e. The zero-order valence-corrected chi connectivity index (χ0v) is 17.1. The molecule has 3 rings (SSSR count). The van der Waals surface area contributed by atoms with E-state index >= 15 is 0 Å². The third kappa shape index (κ3) is 5.48. The molecule has 27 heavy (non-hydrogen) atoms. The summed E-state index contributed by atoms with van der Waals surface area (Å²) >= 11 is 1.55. The Balaban J connectivity index is 1.64. The van der Waals surface area contributed by atoms with Crippen molar-refractivity contribution in [2.45, 2.75) is 73.0 Å². The van der Waals surface area contributed by atoms with Crippen molar-refractivity contribution in [2.24, 2.45) is 0 Å². The van der Waals surface area contributed by atoms with Crippen molar-refractivity contribution in [1.82, 2.24) is 5.32 Å². The van der Waals surface area contributed by atoms with E-state index < -0.39 is 9.84 Å². The molecule has 1 aliphatic heterocycles. The minimum atomic E-state index is -3.59. The third-order valence-electron chi connectivity index (χ3n) is 4.95. The Morgan fingerprint density at radius 3 is 2.74 bits per heavy atom. The molecule has 0 aromatic heterocycles. The zero-order chi connectivity index (χ0) is 19.4. The molecular weight excluding hydrogens is 384 g/mol. The van der Waals surface area contributed by atoms with Gasteiger partial charge in [-0.05, 0) is 31.0 Å². The summed E-state index contributed by atoms with van der Waals surface area (Å²) in [5, 5.41) is 5.87. The number of amides is 2. The smallest absolute Gasteiger partial charge is 0.225 e. The molecule has 0 spiro atoms. The molecule has 1 aromatic rings. The Hall–Kier alpha value is -1.54. The van der Waals surface area contributed by atoms with E-state index in [2.05, 4.69) is 10.6 Å². The first kappa shape index (κ1) is 20.2. The van der Waals surface area contributed by atoms with Crippen molar-refractivity contribution in [3.63, 3.8) is 0 Å². The lowest BCUT2D eigenvalue weighted by Crippen LogP contribution is -2.36. The van der Waals surface area contributed by atoms with Crippen LogP contribution in [0.3, 0.4) is 0 Å². The fourth-order valence-corrected chi connectivity index (χ4v) is 5.83. The van der Waals surface area contributed by atoms with Crippen LogP contribution in [0.4, 0.5) is 5.69 Å². The average Bonchev–Trinajstić information content (AvgIpc) is 2.76. The van der Waals surface area contributed by atoms with Crippen LogP contribution in [0.2, 0.25) is 0 Å². The Kier molecular flexibility index (Phi) is 6.47. The van der Waals surface area contributed by atoms with Crippen molar-refractivity contribution in [3.05, 3.63) is 18.2 Å². The molecule has 1 aliphatic carbocycles. The van der Waals surface area contributed by atoms with Gasteiger partial charge in [-0.2, -0.15) is 0 Å². The molecular formula is C19H26N2O4S2. The second kappa shape index (κ2) is 8.65. The fraction of sp³-hybridized carbons (Fsp3) is 0.579. The van der Waals surface area contributed by atoms with Gasteiger partial charge in [-0.15, -0.1) is 11.8 Å². The summed E-state index contributed by atoms with van der Waals surface area (Å²) in [5.74, 6) is -0.560. The second-order valence-electron chi connectivity index (χ2n) is 7.31. The number of benzene rings is 1. The normalized spacial score (nSPS) is 21.1. The standard InChI is InChI=1S/C19H26N2O4S2/c1-13-11-19(23)21-16-12-15(7-8-17(16)26-13)27(24,25)10-9-18(22)20-14-5-3-2-4-6-14/h7-8,12-14H,2-6,9-11H2,1H3,(H,20,22)(H,21,23)/t13-/m1/s1. The van der Waals surface area contributed by atoms with E-state index in [0.717, 1.165) is 30.6 Å². The van der Waals surface area contributed by atoms with Gasteiger partial charge in [0, 0.05) is 29.0 Å². The van der Waals surface area contributed by atoms with Gasteiger partial charge in [0.05, 0.1) is 16.3 Å². The molecule has 0 radical (unpaired) electrons. The van der Waals surface area contributed by atoms with E-state index in [4.69, 9.17) is 0 Å². The van der Waals surface area contributed by atoms with Crippen molar-refractivity contribution in [1.29, 1.82) is 0 Å².